The molecule has 4 rings (SSSR count). The third-order valence-electron chi connectivity index (χ3n) is 5.10. The van der Waals surface area contributed by atoms with Gasteiger partial charge in [0.15, 0.2) is 0 Å². The molecule has 0 saturated heterocycles. The fourth-order valence-electron chi connectivity index (χ4n) is 3.45. The van der Waals surface area contributed by atoms with Gasteiger partial charge in [-0.15, -0.1) is 0 Å². The zero-order valence-corrected chi connectivity index (χ0v) is 17.7. The van der Waals surface area contributed by atoms with E-state index in [-0.39, 0.29) is 11.6 Å². The van der Waals surface area contributed by atoms with E-state index in [2.05, 4.69) is 5.32 Å². The molecule has 0 saturated carbocycles. The first-order valence-electron chi connectivity index (χ1n) is 10.2. The van der Waals surface area contributed by atoms with Crippen LogP contribution in [0.3, 0.4) is 0 Å². The third-order valence-corrected chi connectivity index (χ3v) is 5.10. The number of fused-ring (bicyclic) bond motifs is 1. The molecule has 0 radical (unpaired) electrons. The topological polar surface area (TPSA) is 94.4 Å². The number of nitrogens with zero attached hydrogens (tertiary/aromatic N) is 2. The quantitative estimate of drug-likeness (QED) is 0.311. The molecular formula is C25H21N3O4. The monoisotopic (exact) mass is 427 g/mol. The summed E-state index contributed by atoms with van der Waals surface area (Å²) in [5, 5.41) is 14.7. The maximum Gasteiger partial charge on any atom is 0.271 e. The average Bonchev–Trinajstić information content (AvgIpc) is 2.80. The predicted molar refractivity (Wildman–Crippen MR) is 124 cm³/mol. The highest BCUT2D eigenvalue weighted by Gasteiger charge is 2.17. The lowest BCUT2D eigenvalue weighted by molar-refractivity contribution is -0.384. The molecule has 0 bridgehead atoms. The standard InChI is InChI=1S/C25H21N3O4/c1-3-32-19-12-9-17(10-13-19)24-15-21(20-6-4-5-7-22(20)26-24)25(29)27-23-14-18(28(30)31)11-8-16(23)2/h4-15H,3H2,1-2H3,(H,27,29). The maximum atomic E-state index is 13.3. The number of benzene rings is 3. The minimum Gasteiger partial charge on any atom is -0.494 e. The summed E-state index contributed by atoms with van der Waals surface area (Å²) in [5.41, 5.74) is 3.65. The molecule has 0 fully saturated rings. The summed E-state index contributed by atoms with van der Waals surface area (Å²) >= 11 is 0. The first kappa shape index (κ1) is 21.0. The van der Waals surface area contributed by atoms with Gasteiger partial charge in [0.05, 0.1) is 34.0 Å². The van der Waals surface area contributed by atoms with Gasteiger partial charge in [-0.2, -0.15) is 0 Å². The van der Waals surface area contributed by atoms with Gasteiger partial charge in [0.2, 0.25) is 0 Å². The van der Waals surface area contributed by atoms with Gasteiger partial charge in [0.1, 0.15) is 5.75 Å². The van der Waals surface area contributed by atoms with E-state index < -0.39 is 4.92 Å². The summed E-state index contributed by atoms with van der Waals surface area (Å²) in [6.07, 6.45) is 0. The number of nitro groups is 1. The highest BCUT2D eigenvalue weighted by molar-refractivity contribution is 6.13. The van der Waals surface area contributed by atoms with Gasteiger partial charge >= 0.3 is 0 Å². The van der Waals surface area contributed by atoms with Gasteiger partial charge < -0.3 is 10.1 Å². The maximum absolute atomic E-state index is 13.3. The second-order valence-corrected chi connectivity index (χ2v) is 7.24. The van der Waals surface area contributed by atoms with Gasteiger partial charge in [0.25, 0.3) is 11.6 Å². The molecule has 4 aromatic rings. The van der Waals surface area contributed by atoms with E-state index in [1.807, 2.05) is 55.5 Å². The van der Waals surface area contributed by atoms with Crippen molar-refractivity contribution in [3.63, 3.8) is 0 Å². The number of aryl methyl sites for hydroxylation is 1. The Kier molecular flexibility index (Phi) is 5.81. The fourth-order valence-corrected chi connectivity index (χ4v) is 3.45. The van der Waals surface area contributed by atoms with Crippen molar-refractivity contribution in [3.05, 3.63) is 94.0 Å². The molecule has 160 valence electrons. The summed E-state index contributed by atoms with van der Waals surface area (Å²) < 4.78 is 5.50. The van der Waals surface area contributed by atoms with Crippen LogP contribution in [0.25, 0.3) is 22.2 Å². The number of pyridine rings is 1. The van der Waals surface area contributed by atoms with Crippen molar-refractivity contribution in [2.24, 2.45) is 0 Å². The molecule has 1 aromatic heterocycles. The Morgan fingerprint density at radius 1 is 1.06 bits per heavy atom. The highest BCUT2D eigenvalue weighted by Crippen LogP contribution is 2.28. The van der Waals surface area contributed by atoms with Crippen molar-refractivity contribution in [2.45, 2.75) is 13.8 Å². The van der Waals surface area contributed by atoms with Crippen LogP contribution in [-0.2, 0) is 0 Å². The molecule has 3 aromatic carbocycles. The number of nitrogens with one attached hydrogen (secondary N) is 1. The lowest BCUT2D eigenvalue weighted by Crippen LogP contribution is -2.14. The van der Waals surface area contributed by atoms with Crippen LogP contribution in [-0.4, -0.2) is 22.4 Å². The van der Waals surface area contributed by atoms with E-state index in [0.29, 0.717) is 34.5 Å². The van der Waals surface area contributed by atoms with Crippen LogP contribution < -0.4 is 10.1 Å². The average molecular weight is 427 g/mol. The zero-order chi connectivity index (χ0) is 22.7. The van der Waals surface area contributed by atoms with Crippen LogP contribution in [0.1, 0.15) is 22.8 Å². The minimum atomic E-state index is -0.485. The number of nitro benzene ring substituents is 1. The van der Waals surface area contributed by atoms with Gasteiger partial charge in [-0.1, -0.05) is 24.3 Å². The highest BCUT2D eigenvalue weighted by atomic mass is 16.6. The number of aromatic nitrogens is 1. The van der Waals surface area contributed by atoms with Gasteiger partial charge in [-0.25, -0.2) is 4.98 Å². The Bertz CT molecular complexity index is 1320. The molecule has 0 atom stereocenters. The van der Waals surface area contributed by atoms with Crippen molar-refractivity contribution < 1.29 is 14.5 Å². The molecule has 0 unspecified atom stereocenters. The second-order valence-electron chi connectivity index (χ2n) is 7.24. The van der Waals surface area contributed by atoms with Crippen LogP contribution in [0.15, 0.2) is 72.8 Å². The molecule has 0 aliphatic heterocycles. The van der Waals surface area contributed by atoms with E-state index in [1.165, 1.54) is 12.1 Å². The second kappa shape index (κ2) is 8.85. The smallest absolute Gasteiger partial charge is 0.271 e. The first-order valence-corrected chi connectivity index (χ1v) is 10.2. The zero-order valence-electron chi connectivity index (χ0n) is 17.7. The molecular weight excluding hydrogens is 406 g/mol. The Morgan fingerprint density at radius 2 is 1.81 bits per heavy atom. The SMILES string of the molecule is CCOc1ccc(-c2cc(C(=O)Nc3cc([N+](=O)[O-])ccc3C)c3ccccc3n2)cc1. The molecule has 0 aliphatic rings. The lowest BCUT2D eigenvalue weighted by Gasteiger charge is -2.12. The van der Waals surface area contributed by atoms with Crippen molar-refractivity contribution in [1.29, 1.82) is 0 Å². The van der Waals surface area contributed by atoms with E-state index in [0.717, 1.165) is 16.9 Å². The molecule has 1 amide bonds. The van der Waals surface area contributed by atoms with Crippen LogP contribution in [0, 0.1) is 17.0 Å². The van der Waals surface area contributed by atoms with Gasteiger partial charge in [0, 0.05) is 23.1 Å². The lowest BCUT2D eigenvalue weighted by atomic mass is 10.0. The number of hydrogen-bond acceptors (Lipinski definition) is 5. The Hall–Kier alpha value is -4.26. The number of carbonyl (C=O) groups is 1. The molecule has 0 aliphatic carbocycles. The van der Waals surface area contributed by atoms with E-state index in [4.69, 9.17) is 9.72 Å². The van der Waals surface area contributed by atoms with Crippen LogP contribution in [0.5, 0.6) is 5.75 Å². The Balaban J connectivity index is 1.75. The molecule has 7 nitrogen and oxygen atoms in total. The van der Waals surface area contributed by atoms with Crippen molar-refractivity contribution in [2.75, 3.05) is 11.9 Å². The predicted octanol–water partition coefficient (Wildman–Crippen LogP) is 5.77. The van der Waals surface area contributed by atoms with Crippen LogP contribution in [0.4, 0.5) is 11.4 Å². The normalized spacial score (nSPS) is 10.7. The number of carbonyl (C=O) groups excluding carboxylic acids is 1. The third kappa shape index (κ3) is 4.27. The fraction of sp³-hybridized carbons (Fsp3) is 0.120. The van der Waals surface area contributed by atoms with E-state index in [1.54, 1.807) is 19.1 Å². The number of rotatable bonds is 6. The number of anilines is 1. The number of amides is 1. The number of ether oxygens (including phenoxy) is 1. The summed E-state index contributed by atoms with van der Waals surface area (Å²) in [4.78, 5) is 28.6. The summed E-state index contributed by atoms with van der Waals surface area (Å²) in [6.45, 7) is 4.29. The number of non-ortho nitro benzene ring substituents is 1. The molecule has 1 N–H and O–H groups in total. The number of hydrogen-bond donors (Lipinski definition) is 1. The summed E-state index contributed by atoms with van der Waals surface area (Å²) in [6, 6.07) is 21.0. The van der Waals surface area contributed by atoms with Crippen LogP contribution in [0.2, 0.25) is 0 Å². The molecule has 32 heavy (non-hydrogen) atoms. The number of para-hydroxylation sites is 1. The molecule has 7 heteroatoms. The van der Waals surface area contributed by atoms with E-state index in [9.17, 15) is 14.9 Å². The van der Waals surface area contributed by atoms with Crippen molar-refractivity contribution in [1.82, 2.24) is 4.98 Å². The van der Waals surface area contributed by atoms with Gasteiger partial charge in [-0.3, -0.25) is 14.9 Å². The molecule has 1 heterocycles. The Labute approximate surface area is 184 Å². The largest absolute Gasteiger partial charge is 0.494 e. The van der Waals surface area contributed by atoms with Crippen molar-refractivity contribution >= 4 is 28.2 Å². The van der Waals surface area contributed by atoms with E-state index >= 15 is 0 Å². The van der Waals surface area contributed by atoms with Crippen molar-refractivity contribution in [3.8, 4) is 17.0 Å². The first-order chi connectivity index (χ1) is 15.5. The summed E-state index contributed by atoms with van der Waals surface area (Å²) in [7, 11) is 0. The minimum absolute atomic E-state index is 0.0828. The molecule has 0 spiro atoms. The summed E-state index contributed by atoms with van der Waals surface area (Å²) in [5.74, 6) is 0.399. The Morgan fingerprint density at radius 3 is 2.53 bits per heavy atom. The van der Waals surface area contributed by atoms with Gasteiger partial charge in [-0.05, 0) is 55.8 Å². The van der Waals surface area contributed by atoms with Crippen LogP contribution >= 0.6 is 0 Å².